The zero-order valence-electron chi connectivity index (χ0n) is 10.1. The zero-order valence-corrected chi connectivity index (χ0v) is 13.2. The monoisotopic (exact) mass is 360 g/mol. The first-order valence-electron chi connectivity index (χ1n) is 5.77. The molecule has 0 radical (unpaired) electrons. The number of halogens is 3. The second-order valence-electron chi connectivity index (χ2n) is 4.05. The van der Waals surface area contributed by atoms with Gasteiger partial charge in [-0.25, -0.2) is 4.98 Å². The van der Waals surface area contributed by atoms with Crippen LogP contribution in [-0.2, 0) is 6.42 Å². The van der Waals surface area contributed by atoms with E-state index in [0.29, 0.717) is 25.9 Å². The standard InChI is InChI=1S/C13H11BrCl2N2O/c1-2-3-10-11(14)13(19)18-12(17-10)8-6-7(15)4-5-9(8)16/h4-6H,2-3H2,1H3,(H,17,18,19). The third kappa shape index (κ3) is 3.19. The topological polar surface area (TPSA) is 45.8 Å². The van der Waals surface area contributed by atoms with Crippen LogP contribution in [0.4, 0.5) is 0 Å². The van der Waals surface area contributed by atoms with Crippen LogP contribution in [0.1, 0.15) is 19.0 Å². The summed E-state index contributed by atoms with van der Waals surface area (Å²) in [5.41, 5.74) is 1.12. The van der Waals surface area contributed by atoms with Crippen molar-refractivity contribution < 1.29 is 0 Å². The van der Waals surface area contributed by atoms with E-state index in [1.54, 1.807) is 18.2 Å². The molecular weight excluding hydrogens is 351 g/mol. The zero-order chi connectivity index (χ0) is 14.0. The number of rotatable bonds is 3. The van der Waals surface area contributed by atoms with Crippen LogP contribution in [-0.4, -0.2) is 9.97 Å². The van der Waals surface area contributed by atoms with Crippen LogP contribution >= 0.6 is 39.1 Å². The van der Waals surface area contributed by atoms with Gasteiger partial charge in [-0.2, -0.15) is 0 Å². The van der Waals surface area contributed by atoms with Crippen LogP contribution in [0.3, 0.4) is 0 Å². The largest absolute Gasteiger partial charge is 0.305 e. The van der Waals surface area contributed by atoms with Crippen molar-refractivity contribution in [1.82, 2.24) is 9.97 Å². The normalized spacial score (nSPS) is 10.7. The van der Waals surface area contributed by atoms with Crippen molar-refractivity contribution in [2.45, 2.75) is 19.8 Å². The van der Waals surface area contributed by atoms with Gasteiger partial charge in [-0.15, -0.1) is 0 Å². The summed E-state index contributed by atoms with van der Waals surface area (Å²) in [6.45, 7) is 2.03. The SMILES string of the molecule is CCCc1nc(-c2cc(Cl)ccc2Cl)[nH]c(=O)c1Br. The molecule has 0 aliphatic heterocycles. The van der Waals surface area contributed by atoms with Gasteiger partial charge >= 0.3 is 0 Å². The molecule has 0 aliphatic carbocycles. The first-order valence-corrected chi connectivity index (χ1v) is 7.32. The average molecular weight is 362 g/mol. The van der Waals surface area contributed by atoms with Gasteiger partial charge in [0.25, 0.3) is 5.56 Å². The van der Waals surface area contributed by atoms with Crippen molar-refractivity contribution in [3.05, 3.63) is 48.8 Å². The summed E-state index contributed by atoms with van der Waals surface area (Å²) in [5.74, 6) is 0.434. The van der Waals surface area contributed by atoms with Gasteiger partial charge in [0.1, 0.15) is 10.3 Å². The fraction of sp³-hybridized carbons (Fsp3) is 0.231. The van der Waals surface area contributed by atoms with Crippen LogP contribution in [0.5, 0.6) is 0 Å². The Bertz CT molecular complexity index is 670. The van der Waals surface area contributed by atoms with E-state index < -0.39 is 0 Å². The molecule has 0 fully saturated rings. The number of nitrogens with zero attached hydrogens (tertiary/aromatic N) is 1. The molecule has 1 N–H and O–H groups in total. The molecule has 100 valence electrons. The predicted molar refractivity (Wildman–Crippen MR) is 82.0 cm³/mol. The number of benzene rings is 1. The summed E-state index contributed by atoms with van der Waals surface area (Å²) >= 11 is 15.3. The average Bonchev–Trinajstić information content (AvgIpc) is 2.38. The van der Waals surface area contributed by atoms with Crippen molar-refractivity contribution in [2.24, 2.45) is 0 Å². The lowest BCUT2D eigenvalue weighted by Crippen LogP contribution is -2.13. The molecule has 0 atom stereocenters. The Kier molecular flexibility index (Phi) is 4.66. The van der Waals surface area contributed by atoms with Gasteiger partial charge in [0.05, 0.1) is 10.7 Å². The van der Waals surface area contributed by atoms with Crippen molar-refractivity contribution in [2.75, 3.05) is 0 Å². The number of hydrogen-bond donors (Lipinski definition) is 1. The highest BCUT2D eigenvalue weighted by molar-refractivity contribution is 9.10. The molecule has 1 aromatic heterocycles. The molecule has 6 heteroatoms. The molecule has 0 bridgehead atoms. The maximum absolute atomic E-state index is 11.9. The van der Waals surface area contributed by atoms with Crippen LogP contribution in [0.15, 0.2) is 27.5 Å². The third-order valence-corrected chi connectivity index (χ3v) is 3.98. The van der Waals surface area contributed by atoms with E-state index in [4.69, 9.17) is 23.2 Å². The molecule has 0 aliphatic rings. The molecule has 0 saturated heterocycles. The fourth-order valence-corrected chi connectivity index (χ4v) is 2.48. The highest BCUT2D eigenvalue weighted by atomic mass is 79.9. The summed E-state index contributed by atoms with van der Waals surface area (Å²) in [7, 11) is 0. The van der Waals surface area contributed by atoms with Gasteiger partial charge in [0.2, 0.25) is 0 Å². The Morgan fingerprint density at radius 3 is 2.79 bits per heavy atom. The number of aromatic nitrogens is 2. The summed E-state index contributed by atoms with van der Waals surface area (Å²) in [4.78, 5) is 19.0. The molecule has 0 saturated carbocycles. The second-order valence-corrected chi connectivity index (χ2v) is 5.69. The van der Waals surface area contributed by atoms with E-state index in [-0.39, 0.29) is 5.56 Å². The summed E-state index contributed by atoms with van der Waals surface area (Å²) < 4.78 is 0.469. The van der Waals surface area contributed by atoms with Crippen LogP contribution in [0, 0.1) is 0 Å². The first kappa shape index (κ1) is 14.6. The molecule has 1 heterocycles. The van der Waals surface area contributed by atoms with Crippen molar-refractivity contribution in [3.8, 4) is 11.4 Å². The molecule has 0 spiro atoms. The molecular formula is C13H11BrCl2N2O. The minimum atomic E-state index is -0.218. The van der Waals surface area contributed by atoms with E-state index >= 15 is 0 Å². The molecule has 0 unspecified atom stereocenters. The minimum Gasteiger partial charge on any atom is -0.305 e. The molecule has 0 amide bonds. The summed E-state index contributed by atoms with van der Waals surface area (Å²) in [6, 6.07) is 5.06. The van der Waals surface area contributed by atoms with Gasteiger partial charge in [0, 0.05) is 10.6 Å². The number of nitrogens with one attached hydrogen (secondary N) is 1. The molecule has 1 aromatic carbocycles. The lowest BCUT2D eigenvalue weighted by atomic mass is 10.2. The van der Waals surface area contributed by atoms with Gasteiger partial charge in [-0.3, -0.25) is 4.79 Å². The lowest BCUT2D eigenvalue weighted by molar-refractivity contribution is 0.861. The maximum atomic E-state index is 11.9. The molecule has 19 heavy (non-hydrogen) atoms. The second kappa shape index (κ2) is 6.07. The van der Waals surface area contributed by atoms with E-state index in [0.717, 1.165) is 18.5 Å². The van der Waals surface area contributed by atoms with E-state index in [1.165, 1.54) is 0 Å². The maximum Gasteiger partial charge on any atom is 0.265 e. The molecule has 2 rings (SSSR count). The Labute approximate surface area is 129 Å². The van der Waals surface area contributed by atoms with E-state index in [9.17, 15) is 4.79 Å². The van der Waals surface area contributed by atoms with Crippen LogP contribution < -0.4 is 5.56 Å². The van der Waals surface area contributed by atoms with Gasteiger partial charge in [-0.1, -0.05) is 36.5 Å². The lowest BCUT2D eigenvalue weighted by Gasteiger charge is -2.08. The Morgan fingerprint density at radius 2 is 2.11 bits per heavy atom. The van der Waals surface area contributed by atoms with Crippen LogP contribution in [0.25, 0.3) is 11.4 Å². The Balaban J connectivity index is 2.62. The Hall–Kier alpha value is -0.840. The summed E-state index contributed by atoms with van der Waals surface area (Å²) in [5, 5.41) is 1.04. The summed E-state index contributed by atoms with van der Waals surface area (Å²) in [6.07, 6.45) is 1.62. The highest BCUT2D eigenvalue weighted by Gasteiger charge is 2.12. The minimum absolute atomic E-state index is 0.218. The first-order chi connectivity index (χ1) is 9.02. The number of hydrogen-bond acceptors (Lipinski definition) is 2. The van der Waals surface area contributed by atoms with Gasteiger partial charge < -0.3 is 4.98 Å². The van der Waals surface area contributed by atoms with Crippen LogP contribution in [0.2, 0.25) is 10.0 Å². The smallest absolute Gasteiger partial charge is 0.265 e. The van der Waals surface area contributed by atoms with Crippen molar-refractivity contribution in [3.63, 3.8) is 0 Å². The highest BCUT2D eigenvalue weighted by Crippen LogP contribution is 2.28. The Morgan fingerprint density at radius 1 is 1.37 bits per heavy atom. The molecule has 2 aromatic rings. The number of H-pyrrole nitrogens is 1. The molecule has 3 nitrogen and oxygen atoms in total. The van der Waals surface area contributed by atoms with E-state index in [2.05, 4.69) is 25.9 Å². The van der Waals surface area contributed by atoms with E-state index in [1.807, 2.05) is 6.92 Å². The fourth-order valence-electron chi connectivity index (χ4n) is 1.71. The van der Waals surface area contributed by atoms with Crippen molar-refractivity contribution >= 4 is 39.1 Å². The predicted octanol–water partition coefficient (Wildman–Crippen LogP) is 4.46. The number of aromatic amines is 1. The number of aryl methyl sites for hydroxylation is 1. The van der Waals surface area contributed by atoms with Gasteiger partial charge in [0.15, 0.2) is 0 Å². The van der Waals surface area contributed by atoms with Gasteiger partial charge in [-0.05, 0) is 40.5 Å². The quantitative estimate of drug-likeness (QED) is 0.877. The van der Waals surface area contributed by atoms with Crippen molar-refractivity contribution in [1.29, 1.82) is 0 Å². The third-order valence-electron chi connectivity index (χ3n) is 2.60.